The number of fused-ring (bicyclic) bond motifs is 1. The van der Waals surface area contributed by atoms with E-state index in [2.05, 4.69) is 5.32 Å². The lowest BCUT2D eigenvalue weighted by molar-refractivity contribution is -0.160. The van der Waals surface area contributed by atoms with Crippen molar-refractivity contribution in [3.8, 4) is 0 Å². The molecule has 2 aromatic carbocycles. The van der Waals surface area contributed by atoms with Crippen LogP contribution in [-0.2, 0) is 20.9 Å². The van der Waals surface area contributed by atoms with Gasteiger partial charge in [-0.1, -0.05) is 31.2 Å². The van der Waals surface area contributed by atoms with Gasteiger partial charge in [-0.15, -0.1) is 11.8 Å². The first kappa shape index (κ1) is 28.1. The molecule has 3 aliphatic heterocycles. The standard InChI is InChI=1S/C29H29F2N3O5S/c1-15-26-24(16(2)37)29(39)34(26)23(14-36)27(15)40-20-10-22(28(38)32-19-7-3-5-17(9-19)13-35)33(12-20)11-18-6-4-8-21(30)25(18)31/h3-9,13-16,20,22,24,26,37H,10-12H2,1-2H3,(H,32,38)/t15-,16-,20+,22+,24-,26-/m1/s1. The number of nitrogens with one attached hydrogen (secondary N) is 1. The van der Waals surface area contributed by atoms with Crippen LogP contribution in [0.15, 0.2) is 53.1 Å². The number of aliphatic hydroxyl groups excluding tert-OH is 1. The summed E-state index contributed by atoms with van der Waals surface area (Å²) in [5.74, 6) is -3.36. The Hall–Kier alpha value is -3.41. The van der Waals surface area contributed by atoms with E-state index in [0.29, 0.717) is 36.8 Å². The highest BCUT2D eigenvalue weighted by Crippen LogP contribution is 2.51. The Morgan fingerprint density at radius 2 is 1.95 bits per heavy atom. The number of hydrogen-bond donors (Lipinski definition) is 2. The molecule has 2 amide bonds. The number of anilines is 1. The van der Waals surface area contributed by atoms with E-state index in [9.17, 15) is 33.1 Å². The lowest BCUT2D eigenvalue weighted by Gasteiger charge is -2.46. The first-order chi connectivity index (χ1) is 19.1. The molecular weight excluding hydrogens is 540 g/mol. The lowest BCUT2D eigenvalue weighted by atomic mass is 9.79. The number of nitrogens with zero attached hydrogens (tertiary/aromatic N) is 2. The minimum atomic E-state index is -0.975. The third kappa shape index (κ3) is 4.97. The second kappa shape index (κ2) is 11.2. The number of hydrogen-bond acceptors (Lipinski definition) is 7. The molecule has 210 valence electrons. The van der Waals surface area contributed by atoms with E-state index in [-0.39, 0.29) is 46.8 Å². The molecule has 0 spiro atoms. The molecule has 0 radical (unpaired) electrons. The van der Waals surface area contributed by atoms with E-state index in [4.69, 9.17) is 0 Å². The molecule has 3 heterocycles. The van der Waals surface area contributed by atoms with Crippen LogP contribution in [0.5, 0.6) is 0 Å². The number of β-lactam (4-membered cyclic amide) rings is 1. The van der Waals surface area contributed by atoms with Gasteiger partial charge in [0.25, 0.3) is 0 Å². The summed E-state index contributed by atoms with van der Waals surface area (Å²) >= 11 is 1.41. The van der Waals surface area contributed by atoms with Crippen LogP contribution in [-0.4, -0.2) is 69.3 Å². The maximum Gasteiger partial charge on any atom is 0.241 e. The van der Waals surface area contributed by atoms with Crippen molar-refractivity contribution in [2.45, 2.75) is 50.3 Å². The molecule has 11 heteroatoms. The number of amides is 2. The molecule has 2 N–H and O–H groups in total. The zero-order chi connectivity index (χ0) is 28.7. The van der Waals surface area contributed by atoms with Crippen LogP contribution in [0.4, 0.5) is 14.5 Å². The summed E-state index contributed by atoms with van der Waals surface area (Å²) < 4.78 is 28.5. The van der Waals surface area contributed by atoms with Gasteiger partial charge in [-0.25, -0.2) is 8.78 Å². The van der Waals surface area contributed by atoms with Crippen molar-refractivity contribution in [3.63, 3.8) is 0 Å². The minimum Gasteiger partial charge on any atom is -0.393 e. The average Bonchev–Trinajstić information content (AvgIpc) is 3.43. The summed E-state index contributed by atoms with van der Waals surface area (Å²) in [4.78, 5) is 53.3. The van der Waals surface area contributed by atoms with E-state index >= 15 is 0 Å². The van der Waals surface area contributed by atoms with Crippen molar-refractivity contribution >= 4 is 41.8 Å². The number of benzene rings is 2. The Morgan fingerprint density at radius 3 is 2.65 bits per heavy atom. The highest BCUT2D eigenvalue weighted by atomic mass is 32.2. The molecule has 3 aliphatic rings. The van der Waals surface area contributed by atoms with Gasteiger partial charge in [-0.3, -0.25) is 24.1 Å². The summed E-state index contributed by atoms with van der Waals surface area (Å²) in [5, 5.41) is 12.7. The van der Waals surface area contributed by atoms with E-state index in [1.807, 2.05) is 6.92 Å². The highest BCUT2D eigenvalue weighted by molar-refractivity contribution is 8.03. The van der Waals surface area contributed by atoms with Gasteiger partial charge < -0.3 is 15.3 Å². The van der Waals surface area contributed by atoms with Crippen molar-refractivity contribution in [2.24, 2.45) is 11.8 Å². The normalized spacial score (nSPS) is 26.9. The topological polar surface area (TPSA) is 107 Å². The maximum absolute atomic E-state index is 14.6. The second-order valence-electron chi connectivity index (χ2n) is 10.5. The van der Waals surface area contributed by atoms with E-state index in [1.165, 1.54) is 28.8 Å². The molecule has 0 aromatic heterocycles. The van der Waals surface area contributed by atoms with Crippen LogP contribution in [0.3, 0.4) is 0 Å². The number of carbonyl (C=O) groups excluding carboxylic acids is 4. The fourth-order valence-electron chi connectivity index (χ4n) is 6.01. The van der Waals surface area contributed by atoms with Crippen molar-refractivity contribution < 1.29 is 33.1 Å². The molecule has 2 aromatic rings. The summed E-state index contributed by atoms with van der Waals surface area (Å²) in [6, 6.07) is 9.37. The number of aliphatic hydroxyl groups is 1. The number of thioether (sulfide) groups is 1. The number of carbonyl (C=O) groups is 4. The van der Waals surface area contributed by atoms with Crippen LogP contribution < -0.4 is 5.32 Å². The zero-order valence-electron chi connectivity index (χ0n) is 21.9. The molecule has 0 saturated carbocycles. The Kier molecular flexibility index (Phi) is 7.89. The predicted molar refractivity (Wildman–Crippen MR) is 145 cm³/mol. The third-order valence-electron chi connectivity index (χ3n) is 7.91. The number of rotatable bonds is 9. The van der Waals surface area contributed by atoms with Crippen molar-refractivity contribution in [3.05, 3.63) is 75.8 Å². The van der Waals surface area contributed by atoms with Crippen molar-refractivity contribution in [1.29, 1.82) is 0 Å². The number of likely N-dealkylation sites (tertiary alicyclic amines) is 1. The van der Waals surface area contributed by atoms with Gasteiger partial charge in [0.05, 0.1) is 29.8 Å². The minimum absolute atomic E-state index is 0.0143. The van der Waals surface area contributed by atoms with Gasteiger partial charge in [0.2, 0.25) is 11.8 Å². The zero-order valence-corrected chi connectivity index (χ0v) is 22.7. The van der Waals surface area contributed by atoms with E-state index in [0.717, 1.165) is 11.0 Å². The first-order valence-electron chi connectivity index (χ1n) is 13.0. The molecule has 0 unspecified atom stereocenters. The van der Waals surface area contributed by atoms with Gasteiger partial charge in [-0.05, 0) is 31.5 Å². The van der Waals surface area contributed by atoms with E-state index in [1.54, 1.807) is 36.1 Å². The van der Waals surface area contributed by atoms with Crippen LogP contribution >= 0.6 is 11.8 Å². The van der Waals surface area contributed by atoms with Gasteiger partial charge in [0, 0.05) is 46.0 Å². The molecule has 2 saturated heterocycles. The predicted octanol–water partition coefficient (Wildman–Crippen LogP) is 3.36. The SMILES string of the molecule is C[C@@H](O)[C@H]1C(=O)N2C(C=O)=C(S[C@H]3C[C@@H](C(=O)Nc4cccc(C=O)c4)N(Cc4cccc(F)c4F)C3)[C@H](C)[C@H]12. The van der Waals surface area contributed by atoms with Crippen LogP contribution in [0.2, 0.25) is 0 Å². The second-order valence-corrected chi connectivity index (χ2v) is 11.8. The van der Waals surface area contributed by atoms with Gasteiger partial charge in [0.15, 0.2) is 17.9 Å². The quantitative estimate of drug-likeness (QED) is 0.352. The largest absolute Gasteiger partial charge is 0.393 e. The van der Waals surface area contributed by atoms with Crippen molar-refractivity contribution in [2.75, 3.05) is 11.9 Å². The molecule has 5 rings (SSSR count). The van der Waals surface area contributed by atoms with Crippen molar-refractivity contribution in [1.82, 2.24) is 9.80 Å². The molecule has 40 heavy (non-hydrogen) atoms. The molecule has 6 atom stereocenters. The fraction of sp³-hybridized carbons (Fsp3) is 0.379. The van der Waals surface area contributed by atoms with Gasteiger partial charge >= 0.3 is 0 Å². The Labute approximate surface area is 234 Å². The number of aldehydes is 2. The molecule has 2 fully saturated rings. The fourth-order valence-corrected chi connectivity index (χ4v) is 7.53. The lowest BCUT2D eigenvalue weighted by Crippen LogP contribution is -2.63. The van der Waals surface area contributed by atoms with Gasteiger partial charge in [0.1, 0.15) is 6.29 Å². The maximum atomic E-state index is 14.6. The van der Waals surface area contributed by atoms with E-state index < -0.39 is 29.7 Å². The third-order valence-corrected chi connectivity index (χ3v) is 9.42. The molecule has 8 nitrogen and oxygen atoms in total. The Morgan fingerprint density at radius 1 is 1.20 bits per heavy atom. The summed E-state index contributed by atoms with van der Waals surface area (Å²) in [6.07, 6.45) is 0.839. The summed E-state index contributed by atoms with van der Waals surface area (Å²) in [5.41, 5.74) is 1.23. The molecule has 0 aliphatic carbocycles. The van der Waals surface area contributed by atoms with Crippen LogP contribution in [0.25, 0.3) is 0 Å². The van der Waals surface area contributed by atoms with Crippen LogP contribution in [0.1, 0.15) is 36.2 Å². The molecular formula is C29H29F2N3O5S. The summed E-state index contributed by atoms with van der Waals surface area (Å²) in [7, 11) is 0. The number of allylic oxidation sites excluding steroid dienone is 1. The van der Waals surface area contributed by atoms with Gasteiger partial charge in [-0.2, -0.15) is 0 Å². The molecule has 0 bridgehead atoms. The Balaban J connectivity index is 1.39. The Bertz CT molecular complexity index is 1400. The van der Waals surface area contributed by atoms with Crippen LogP contribution in [0, 0.1) is 23.5 Å². The smallest absolute Gasteiger partial charge is 0.241 e. The highest BCUT2D eigenvalue weighted by Gasteiger charge is 2.58. The number of halogens is 2. The first-order valence-corrected chi connectivity index (χ1v) is 13.9. The monoisotopic (exact) mass is 569 g/mol. The summed E-state index contributed by atoms with van der Waals surface area (Å²) in [6.45, 7) is 3.80. The average molecular weight is 570 g/mol.